The number of primary sulfonamides is 1. The lowest BCUT2D eigenvalue weighted by atomic mass is 10.1. The van der Waals surface area contributed by atoms with Gasteiger partial charge in [-0.25, -0.2) is 13.6 Å². The highest BCUT2D eigenvalue weighted by molar-refractivity contribution is 7.98. The van der Waals surface area contributed by atoms with Crippen LogP contribution in [0, 0.1) is 0 Å². The van der Waals surface area contributed by atoms with Crippen LogP contribution in [0.5, 0.6) is 0 Å². The van der Waals surface area contributed by atoms with Gasteiger partial charge < -0.3 is 5.32 Å². The first-order valence-corrected chi connectivity index (χ1v) is 9.20. The van der Waals surface area contributed by atoms with Gasteiger partial charge in [0.1, 0.15) is 0 Å². The largest absolute Gasteiger partial charge is 0.307 e. The van der Waals surface area contributed by atoms with Crippen molar-refractivity contribution in [2.75, 3.05) is 12.0 Å². The van der Waals surface area contributed by atoms with E-state index in [1.54, 1.807) is 12.1 Å². The molecule has 0 saturated heterocycles. The van der Waals surface area contributed by atoms with Gasteiger partial charge in [-0.1, -0.05) is 19.1 Å². The molecule has 0 spiro atoms. The zero-order valence-electron chi connectivity index (χ0n) is 11.6. The van der Waals surface area contributed by atoms with Gasteiger partial charge in [-0.3, -0.25) is 0 Å². The standard InChI is InChI=1S/C13H22N2O2S2/c1-4-12(9-18-3)15-10(2)11-5-7-13(8-6-11)19(14,16)17/h5-8,10,12,15H,4,9H2,1-3H3,(H2,14,16,17). The molecule has 0 saturated carbocycles. The Morgan fingerprint density at radius 1 is 1.32 bits per heavy atom. The quantitative estimate of drug-likeness (QED) is 0.809. The lowest BCUT2D eigenvalue weighted by Gasteiger charge is -2.22. The molecule has 4 nitrogen and oxygen atoms in total. The van der Waals surface area contributed by atoms with Crippen molar-refractivity contribution in [3.8, 4) is 0 Å². The number of thioether (sulfide) groups is 1. The normalized spacial score (nSPS) is 15.2. The van der Waals surface area contributed by atoms with E-state index in [0.717, 1.165) is 17.7 Å². The molecule has 2 unspecified atom stereocenters. The highest BCUT2D eigenvalue weighted by atomic mass is 32.2. The van der Waals surface area contributed by atoms with E-state index < -0.39 is 10.0 Å². The number of rotatable bonds is 7. The summed E-state index contributed by atoms with van der Waals surface area (Å²) < 4.78 is 22.4. The molecule has 0 aromatic heterocycles. The van der Waals surface area contributed by atoms with E-state index in [4.69, 9.17) is 5.14 Å². The van der Waals surface area contributed by atoms with Crippen LogP contribution >= 0.6 is 11.8 Å². The molecule has 6 heteroatoms. The van der Waals surface area contributed by atoms with Gasteiger partial charge in [0.25, 0.3) is 0 Å². The highest BCUT2D eigenvalue weighted by Gasteiger charge is 2.13. The Hall–Kier alpha value is -0.560. The molecule has 1 rings (SSSR count). The second kappa shape index (κ2) is 7.28. The maximum atomic E-state index is 11.2. The average molecular weight is 302 g/mol. The summed E-state index contributed by atoms with van der Waals surface area (Å²) in [6.45, 7) is 4.24. The third-order valence-electron chi connectivity index (χ3n) is 3.05. The number of nitrogens with one attached hydrogen (secondary N) is 1. The van der Waals surface area contributed by atoms with Crippen LogP contribution in [-0.4, -0.2) is 26.5 Å². The number of hydrogen-bond donors (Lipinski definition) is 2. The predicted molar refractivity (Wildman–Crippen MR) is 81.8 cm³/mol. The molecule has 0 fully saturated rings. The van der Waals surface area contributed by atoms with Crippen LogP contribution in [0.15, 0.2) is 29.2 Å². The average Bonchev–Trinajstić information content (AvgIpc) is 2.37. The van der Waals surface area contributed by atoms with Crippen LogP contribution in [0.2, 0.25) is 0 Å². The summed E-state index contributed by atoms with van der Waals surface area (Å²) >= 11 is 1.82. The minimum Gasteiger partial charge on any atom is -0.307 e. The molecule has 108 valence electrons. The number of nitrogens with two attached hydrogens (primary N) is 1. The third-order valence-corrected chi connectivity index (χ3v) is 4.72. The number of hydrogen-bond acceptors (Lipinski definition) is 4. The van der Waals surface area contributed by atoms with Crippen molar-refractivity contribution in [3.63, 3.8) is 0 Å². The number of benzene rings is 1. The van der Waals surface area contributed by atoms with Gasteiger partial charge in [0.2, 0.25) is 10.0 Å². The molecule has 0 aliphatic carbocycles. The van der Waals surface area contributed by atoms with E-state index >= 15 is 0 Å². The van der Waals surface area contributed by atoms with Gasteiger partial charge in [0.15, 0.2) is 0 Å². The summed E-state index contributed by atoms with van der Waals surface area (Å²) in [5.41, 5.74) is 1.06. The SMILES string of the molecule is CCC(CSC)NC(C)c1ccc(S(N)(=O)=O)cc1. The van der Waals surface area contributed by atoms with Gasteiger partial charge >= 0.3 is 0 Å². The van der Waals surface area contributed by atoms with Crippen molar-refractivity contribution in [3.05, 3.63) is 29.8 Å². The van der Waals surface area contributed by atoms with Gasteiger partial charge in [0.05, 0.1) is 4.90 Å². The smallest absolute Gasteiger partial charge is 0.238 e. The summed E-state index contributed by atoms with van der Waals surface area (Å²) in [4.78, 5) is 0.152. The van der Waals surface area contributed by atoms with E-state index in [1.807, 2.05) is 23.9 Å². The summed E-state index contributed by atoms with van der Waals surface area (Å²) in [6, 6.07) is 7.37. The molecule has 0 bridgehead atoms. The van der Waals surface area contributed by atoms with E-state index in [9.17, 15) is 8.42 Å². The first kappa shape index (κ1) is 16.5. The Labute approximate surface area is 120 Å². The van der Waals surface area contributed by atoms with Crippen molar-refractivity contribution in [2.45, 2.75) is 37.2 Å². The van der Waals surface area contributed by atoms with Crippen LogP contribution in [0.4, 0.5) is 0 Å². The first-order valence-electron chi connectivity index (χ1n) is 6.26. The van der Waals surface area contributed by atoms with Crippen LogP contribution in [-0.2, 0) is 10.0 Å². The van der Waals surface area contributed by atoms with Crippen LogP contribution in [0.1, 0.15) is 31.9 Å². The van der Waals surface area contributed by atoms with Crippen molar-refractivity contribution in [2.24, 2.45) is 5.14 Å². The zero-order valence-corrected chi connectivity index (χ0v) is 13.2. The maximum Gasteiger partial charge on any atom is 0.238 e. The van der Waals surface area contributed by atoms with Crippen molar-refractivity contribution in [1.82, 2.24) is 5.32 Å². The molecule has 1 aromatic carbocycles. The molecule has 0 heterocycles. The summed E-state index contributed by atoms with van der Waals surface area (Å²) in [5, 5.41) is 8.62. The molecule has 2 atom stereocenters. The fourth-order valence-corrected chi connectivity index (χ4v) is 3.13. The molecule has 1 aromatic rings. The van der Waals surface area contributed by atoms with Gasteiger partial charge in [-0.2, -0.15) is 11.8 Å². The van der Waals surface area contributed by atoms with Crippen LogP contribution in [0.25, 0.3) is 0 Å². The van der Waals surface area contributed by atoms with Crippen molar-refractivity contribution in [1.29, 1.82) is 0 Å². The molecule has 19 heavy (non-hydrogen) atoms. The first-order chi connectivity index (χ1) is 8.88. The van der Waals surface area contributed by atoms with Gasteiger partial charge in [-0.15, -0.1) is 0 Å². The minimum absolute atomic E-state index is 0.152. The second-order valence-corrected chi connectivity index (χ2v) is 7.04. The Morgan fingerprint density at radius 3 is 2.32 bits per heavy atom. The fraction of sp³-hybridized carbons (Fsp3) is 0.538. The lowest BCUT2D eigenvalue weighted by molar-refractivity contribution is 0.474. The summed E-state index contributed by atoms with van der Waals surface area (Å²) in [5.74, 6) is 1.07. The highest BCUT2D eigenvalue weighted by Crippen LogP contribution is 2.17. The van der Waals surface area contributed by atoms with E-state index in [0.29, 0.717) is 6.04 Å². The Kier molecular flexibility index (Phi) is 6.32. The van der Waals surface area contributed by atoms with Crippen LogP contribution < -0.4 is 10.5 Å². The molecular weight excluding hydrogens is 280 g/mol. The Bertz CT molecular complexity index is 486. The van der Waals surface area contributed by atoms with Crippen molar-refractivity contribution >= 4 is 21.8 Å². The van der Waals surface area contributed by atoms with E-state index in [-0.39, 0.29) is 10.9 Å². The third kappa shape index (κ3) is 5.14. The second-order valence-electron chi connectivity index (χ2n) is 4.56. The minimum atomic E-state index is -3.61. The molecule has 0 radical (unpaired) electrons. The molecule has 0 amide bonds. The van der Waals surface area contributed by atoms with E-state index in [2.05, 4.69) is 25.4 Å². The van der Waals surface area contributed by atoms with Gasteiger partial charge in [-0.05, 0) is 37.3 Å². The van der Waals surface area contributed by atoms with Crippen molar-refractivity contribution < 1.29 is 8.42 Å². The van der Waals surface area contributed by atoms with Gasteiger partial charge in [0, 0.05) is 17.8 Å². The fourth-order valence-electron chi connectivity index (χ4n) is 1.88. The Balaban J connectivity index is 2.75. The molecule has 3 N–H and O–H groups in total. The van der Waals surface area contributed by atoms with Crippen LogP contribution in [0.3, 0.4) is 0 Å². The molecular formula is C13H22N2O2S2. The lowest BCUT2D eigenvalue weighted by Crippen LogP contribution is -2.33. The molecule has 0 aliphatic rings. The monoisotopic (exact) mass is 302 g/mol. The number of sulfonamides is 1. The van der Waals surface area contributed by atoms with E-state index in [1.165, 1.54) is 0 Å². The molecule has 0 aliphatic heterocycles. The Morgan fingerprint density at radius 2 is 1.89 bits per heavy atom. The maximum absolute atomic E-state index is 11.2. The summed E-state index contributed by atoms with van der Waals surface area (Å²) in [6.07, 6.45) is 3.16. The topological polar surface area (TPSA) is 72.2 Å². The zero-order chi connectivity index (χ0) is 14.5. The predicted octanol–water partition coefficient (Wildman–Crippen LogP) is 2.13. The summed E-state index contributed by atoms with van der Waals surface area (Å²) in [7, 11) is -3.61.